The highest BCUT2D eigenvalue weighted by Gasteiger charge is 2.32. The van der Waals surface area contributed by atoms with E-state index in [-0.39, 0.29) is 41.4 Å². The molecule has 0 fully saturated rings. The van der Waals surface area contributed by atoms with Crippen LogP contribution >= 0.6 is 0 Å². The van der Waals surface area contributed by atoms with Gasteiger partial charge >= 0.3 is 0 Å². The number of fused-ring (bicyclic) bond motifs is 1. The molecular formula is C22H18F3N5O3. The van der Waals surface area contributed by atoms with E-state index in [4.69, 9.17) is 9.47 Å². The van der Waals surface area contributed by atoms with Crippen molar-refractivity contribution in [2.45, 2.75) is 26.4 Å². The Bertz CT molecular complexity index is 1250. The maximum Gasteiger partial charge on any atom is 0.272 e. The number of halogens is 3. The molecule has 0 bridgehead atoms. The van der Waals surface area contributed by atoms with Gasteiger partial charge in [-0.1, -0.05) is 0 Å². The second kappa shape index (κ2) is 8.82. The topological polar surface area (TPSA) is 93.3 Å². The number of hydrogen-bond acceptors (Lipinski definition) is 6. The van der Waals surface area contributed by atoms with Crippen molar-refractivity contribution in [2.24, 2.45) is 0 Å². The maximum atomic E-state index is 13.5. The fourth-order valence-electron chi connectivity index (χ4n) is 3.57. The van der Waals surface area contributed by atoms with Crippen LogP contribution in [0.25, 0.3) is 5.82 Å². The van der Waals surface area contributed by atoms with Crippen LogP contribution in [0.5, 0.6) is 11.5 Å². The number of hydrogen-bond donors (Lipinski definition) is 0. The second-order valence-electron chi connectivity index (χ2n) is 7.28. The van der Waals surface area contributed by atoms with Gasteiger partial charge in [-0.25, -0.2) is 22.8 Å². The minimum absolute atomic E-state index is 0.0464. The van der Waals surface area contributed by atoms with Crippen molar-refractivity contribution < 1.29 is 27.4 Å². The van der Waals surface area contributed by atoms with Crippen molar-refractivity contribution in [1.29, 1.82) is 5.26 Å². The first-order valence-corrected chi connectivity index (χ1v) is 9.84. The molecule has 0 aliphatic carbocycles. The molecule has 1 amide bonds. The SMILES string of the molecule is COc1c(C#N)ccc(OCC(F)F)c1C(=O)N1Cc2cn(-c3ccc(F)c(C)n3)nc2C1. The number of benzene rings is 1. The number of ether oxygens (including phenoxy) is 2. The van der Waals surface area contributed by atoms with Gasteiger partial charge in [-0.05, 0) is 31.2 Å². The third-order valence-corrected chi connectivity index (χ3v) is 5.13. The number of rotatable bonds is 6. The highest BCUT2D eigenvalue weighted by molar-refractivity contribution is 6.00. The Morgan fingerprint density at radius 2 is 2.06 bits per heavy atom. The summed E-state index contributed by atoms with van der Waals surface area (Å²) in [6.45, 7) is 0.956. The summed E-state index contributed by atoms with van der Waals surface area (Å²) >= 11 is 0. The van der Waals surface area contributed by atoms with Crippen molar-refractivity contribution in [3.8, 4) is 23.4 Å². The molecular weight excluding hydrogens is 439 g/mol. The highest BCUT2D eigenvalue weighted by Crippen LogP contribution is 2.35. The van der Waals surface area contributed by atoms with Crippen molar-refractivity contribution >= 4 is 5.91 Å². The predicted molar refractivity (Wildman–Crippen MR) is 109 cm³/mol. The number of nitriles is 1. The number of alkyl halides is 2. The molecule has 1 aromatic carbocycles. The lowest BCUT2D eigenvalue weighted by Gasteiger charge is -2.20. The van der Waals surface area contributed by atoms with Crippen LogP contribution in [0, 0.1) is 24.1 Å². The standard InChI is InChI=1S/C22H18F3N5O3/c1-12-15(23)4-6-19(27-12)30-9-14-8-29(10-16(14)28-30)22(31)20-17(33-11-18(24)25)5-3-13(7-26)21(20)32-2/h3-6,9,18H,8,10-11H2,1-2H3. The van der Waals surface area contributed by atoms with E-state index in [1.165, 1.54) is 41.0 Å². The van der Waals surface area contributed by atoms with Gasteiger partial charge in [0.2, 0.25) is 0 Å². The lowest BCUT2D eigenvalue weighted by Crippen LogP contribution is -2.27. The zero-order valence-corrected chi connectivity index (χ0v) is 17.7. The molecule has 0 saturated carbocycles. The van der Waals surface area contributed by atoms with E-state index in [0.29, 0.717) is 11.5 Å². The summed E-state index contributed by atoms with van der Waals surface area (Å²) in [5.74, 6) is -0.680. The Labute approximate surface area is 186 Å². The molecule has 0 atom stereocenters. The highest BCUT2D eigenvalue weighted by atomic mass is 19.3. The quantitative estimate of drug-likeness (QED) is 0.563. The molecule has 3 aromatic rings. The smallest absolute Gasteiger partial charge is 0.272 e. The van der Waals surface area contributed by atoms with Crippen molar-refractivity contribution in [2.75, 3.05) is 13.7 Å². The van der Waals surface area contributed by atoms with Crippen LogP contribution < -0.4 is 9.47 Å². The lowest BCUT2D eigenvalue weighted by atomic mass is 10.1. The van der Waals surface area contributed by atoms with Crippen molar-refractivity contribution in [1.82, 2.24) is 19.7 Å². The molecule has 0 unspecified atom stereocenters. The normalized spacial score (nSPS) is 12.6. The molecule has 0 N–H and O–H groups in total. The van der Waals surface area contributed by atoms with Crippen LogP contribution in [0.1, 0.15) is 32.9 Å². The third kappa shape index (κ3) is 4.19. The second-order valence-corrected chi connectivity index (χ2v) is 7.28. The Hall–Kier alpha value is -4.07. The van der Waals surface area contributed by atoms with E-state index in [0.717, 1.165) is 5.56 Å². The van der Waals surface area contributed by atoms with E-state index < -0.39 is 24.8 Å². The summed E-state index contributed by atoms with van der Waals surface area (Å²) in [7, 11) is 1.28. The van der Waals surface area contributed by atoms with Gasteiger partial charge in [0.15, 0.2) is 11.6 Å². The molecule has 8 nitrogen and oxygen atoms in total. The first-order valence-electron chi connectivity index (χ1n) is 9.84. The average Bonchev–Trinajstić information content (AvgIpc) is 3.37. The summed E-state index contributed by atoms with van der Waals surface area (Å²) in [4.78, 5) is 19.0. The minimum Gasteiger partial charge on any atom is -0.494 e. The Kier molecular flexibility index (Phi) is 5.91. The van der Waals surface area contributed by atoms with E-state index in [1.54, 1.807) is 13.1 Å². The number of amides is 1. The third-order valence-electron chi connectivity index (χ3n) is 5.13. The first kappa shape index (κ1) is 22.1. The van der Waals surface area contributed by atoms with Gasteiger partial charge in [-0.15, -0.1) is 0 Å². The Morgan fingerprint density at radius 1 is 1.27 bits per heavy atom. The molecule has 33 heavy (non-hydrogen) atoms. The van der Waals surface area contributed by atoms with Gasteiger partial charge in [-0.2, -0.15) is 10.4 Å². The largest absolute Gasteiger partial charge is 0.494 e. The minimum atomic E-state index is -2.74. The van der Waals surface area contributed by atoms with Crippen LogP contribution in [-0.4, -0.2) is 45.7 Å². The Balaban J connectivity index is 1.62. The average molecular weight is 457 g/mol. The number of carbonyl (C=O) groups is 1. The Morgan fingerprint density at radius 3 is 2.70 bits per heavy atom. The molecule has 11 heteroatoms. The molecule has 0 saturated heterocycles. The molecule has 4 rings (SSSR count). The van der Waals surface area contributed by atoms with Crippen molar-refractivity contribution in [3.63, 3.8) is 0 Å². The number of aryl methyl sites for hydroxylation is 1. The van der Waals surface area contributed by atoms with Crippen LogP contribution in [0.3, 0.4) is 0 Å². The molecule has 170 valence electrons. The zero-order valence-electron chi connectivity index (χ0n) is 17.7. The van der Waals surface area contributed by atoms with Crippen molar-refractivity contribution in [3.05, 3.63) is 64.4 Å². The summed E-state index contributed by atoms with van der Waals surface area (Å²) in [6, 6.07) is 7.37. The number of carbonyl (C=O) groups excluding carboxylic acids is 1. The number of nitrogens with zero attached hydrogens (tertiary/aromatic N) is 5. The lowest BCUT2D eigenvalue weighted by molar-refractivity contribution is 0.0703. The molecule has 1 aliphatic heterocycles. The van der Waals surface area contributed by atoms with Gasteiger partial charge in [0.05, 0.1) is 30.6 Å². The summed E-state index contributed by atoms with van der Waals surface area (Å²) < 4.78 is 50.8. The predicted octanol–water partition coefficient (Wildman–Crippen LogP) is 3.40. The van der Waals surface area contributed by atoms with Crippen LogP contribution in [0.15, 0.2) is 30.5 Å². The fraction of sp³-hybridized carbons (Fsp3) is 0.273. The summed E-state index contributed by atoms with van der Waals surface area (Å²) in [5, 5.41) is 13.8. The van der Waals surface area contributed by atoms with E-state index in [1.807, 2.05) is 6.07 Å². The fourth-order valence-corrected chi connectivity index (χ4v) is 3.57. The molecule has 1 aliphatic rings. The van der Waals surface area contributed by atoms with Crippen LogP contribution in [-0.2, 0) is 13.1 Å². The van der Waals surface area contributed by atoms with Gasteiger partial charge in [-0.3, -0.25) is 4.79 Å². The zero-order chi connectivity index (χ0) is 23.7. The van der Waals surface area contributed by atoms with E-state index in [2.05, 4.69) is 10.1 Å². The van der Waals surface area contributed by atoms with Gasteiger partial charge in [0.1, 0.15) is 29.8 Å². The monoisotopic (exact) mass is 457 g/mol. The molecule has 0 spiro atoms. The van der Waals surface area contributed by atoms with E-state index >= 15 is 0 Å². The molecule has 2 aromatic heterocycles. The summed E-state index contributed by atoms with van der Waals surface area (Å²) in [5.41, 5.74) is 1.56. The summed E-state index contributed by atoms with van der Waals surface area (Å²) in [6.07, 6.45) is -1.05. The van der Waals surface area contributed by atoms with Crippen LogP contribution in [0.2, 0.25) is 0 Å². The molecule has 3 heterocycles. The van der Waals surface area contributed by atoms with Gasteiger partial charge in [0.25, 0.3) is 12.3 Å². The first-order chi connectivity index (χ1) is 15.8. The number of pyridine rings is 1. The number of methoxy groups -OCH3 is 1. The molecule has 0 radical (unpaired) electrons. The number of aromatic nitrogens is 3. The van der Waals surface area contributed by atoms with Gasteiger partial charge in [0, 0.05) is 18.3 Å². The van der Waals surface area contributed by atoms with E-state index in [9.17, 15) is 23.2 Å². The van der Waals surface area contributed by atoms with Gasteiger partial charge < -0.3 is 14.4 Å². The van der Waals surface area contributed by atoms with Crippen LogP contribution in [0.4, 0.5) is 13.2 Å². The maximum absolute atomic E-state index is 13.5.